The van der Waals surface area contributed by atoms with Crippen molar-refractivity contribution < 1.29 is 13.2 Å². The van der Waals surface area contributed by atoms with E-state index in [1.165, 1.54) is 17.2 Å². The molecule has 6 heteroatoms. The highest BCUT2D eigenvalue weighted by molar-refractivity contribution is 5.63. The molecule has 1 aliphatic heterocycles. The van der Waals surface area contributed by atoms with Crippen molar-refractivity contribution in [2.75, 3.05) is 16.8 Å². The third-order valence-electron chi connectivity index (χ3n) is 4.68. The molecule has 0 amide bonds. The van der Waals surface area contributed by atoms with Crippen molar-refractivity contribution in [3.63, 3.8) is 0 Å². The number of hydrogen-bond acceptors (Lipinski definition) is 3. The van der Waals surface area contributed by atoms with Gasteiger partial charge < -0.3 is 10.2 Å². The van der Waals surface area contributed by atoms with Gasteiger partial charge in [0.1, 0.15) is 5.82 Å². The van der Waals surface area contributed by atoms with Crippen LogP contribution < -0.4 is 10.2 Å². The van der Waals surface area contributed by atoms with Gasteiger partial charge in [-0.15, -0.1) is 0 Å². The molecular weight excluding hydrogens is 351 g/mol. The molecule has 4 rings (SSSR count). The van der Waals surface area contributed by atoms with Crippen molar-refractivity contribution in [2.45, 2.75) is 19.1 Å². The molecule has 3 nitrogen and oxygen atoms in total. The van der Waals surface area contributed by atoms with Crippen molar-refractivity contribution in [3.8, 4) is 0 Å². The van der Waals surface area contributed by atoms with Gasteiger partial charge in [0.05, 0.1) is 5.56 Å². The van der Waals surface area contributed by atoms with Crippen LogP contribution in [0.4, 0.5) is 30.4 Å². The van der Waals surface area contributed by atoms with E-state index in [0.717, 1.165) is 37.5 Å². The first kappa shape index (κ1) is 17.4. The van der Waals surface area contributed by atoms with Crippen LogP contribution in [0.2, 0.25) is 0 Å². The van der Waals surface area contributed by atoms with E-state index in [4.69, 9.17) is 0 Å². The Balaban J connectivity index is 1.54. The van der Waals surface area contributed by atoms with Crippen LogP contribution in [-0.4, -0.2) is 11.5 Å². The molecule has 1 N–H and O–H groups in total. The van der Waals surface area contributed by atoms with E-state index in [0.29, 0.717) is 11.4 Å². The van der Waals surface area contributed by atoms with Crippen LogP contribution in [0, 0.1) is 0 Å². The number of alkyl halides is 3. The number of pyridine rings is 1. The average molecular weight is 369 g/mol. The van der Waals surface area contributed by atoms with E-state index < -0.39 is 11.7 Å². The van der Waals surface area contributed by atoms with E-state index in [1.54, 1.807) is 18.3 Å². The number of hydrogen-bond donors (Lipinski definition) is 1. The molecular formula is C21H18F3N3. The fourth-order valence-electron chi connectivity index (χ4n) is 3.30. The molecule has 2 aromatic carbocycles. The number of nitrogens with one attached hydrogen (secondary N) is 1. The fourth-order valence-corrected chi connectivity index (χ4v) is 3.30. The zero-order chi connectivity index (χ0) is 18.9. The number of nitrogens with zero attached hydrogens (tertiary/aromatic N) is 2. The topological polar surface area (TPSA) is 28.2 Å². The molecule has 0 saturated carbocycles. The maximum Gasteiger partial charge on any atom is 0.416 e. The molecule has 0 bridgehead atoms. The fraction of sp³-hybridized carbons (Fsp3) is 0.190. The van der Waals surface area contributed by atoms with Crippen molar-refractivity contribution in [3.05, 3.63) is 83.6 Å². The normalized spacial score (nSPS) is 14.0. The highest BCUT2D eigenvalue weighted by atomic mass is 19.4. The molecule has 3 aromatic rings. The Kier molecular flexibility index (Phi) is 4.48. The lowest BCUT2D eigenvalue weighted by Crippen LogP contribution is -2.30. The summed E-state index contributed by atoms with van der Waals surface area (Å²) in [4.78, 5) is 6.62. The maximum atomic E-state index is 12.9. The second kappa shape index (κ2) is 6.95. The average Bonchev–Trinajstić information content (AvgIpc) is 2.67. The molecule has 0 spiro atoms. The van der Waals surface area contributed by atoms with Crippen LogP contribution in [0.25, 0.3) is 0 Å². The van der Waals surface area contributed by atoms with Gasteiger partial charge in [-0.2, -0.15) is 13.2 Å². The molecule has 138 valence electrons. The Hall–Kier alpha value is -3.02. The number of halogens is 3. The molecule has 27 heavy (non-hydrogen) atoms. The summed E-state index contributed by atoms with van der Waals surface area (Å²) in [6.45, 7) is 1.63. The summed E-state index contributed by atoms with van der Waals surface area (Å²) in [5.74, 6) is 0.807. The molecule has 2 heterocycles. The lowest BCUT2D eigenvalue weighted by molar-refractivity contribution is -0.137. The largest absolute Gasteiger partial charge is 0.416 e. The number of benzene rings is 2. The number of rotatable bonds is 3. The lowest BCUT2D eigenvalue weighted by atomic mass is 10.00. The van der Waals surface area contributed by atoms with Gasteiger partial charge in [0.15, 0.2) is 0 Å². The molecule has 0 aliphatic carbocycles. The van der Waals surface area contributed by atoms with Crippen LogP contribution in [0.1, 0.15) is 16.7 Å². The minimum Gasteiger partial charge on any atom is -0.355 e. The van der Waals surface area contributed by atoms with Crippen molar-refractivity contribution in [1.82, 2.24) is 4.98 Å². The SMILES string of the molecule is FC(F)(F)c1cccc(Nc2ccnc(N3CCc4ccccc4C3)c2)c1. The van der Waals surface area contributed by atoms with Crippen LogP contribution in [0.5, 0.6) is 0 Å². The number of aromatic nitrogens is 1. The van der Waals surface area contributed by atoms with Gasteiger partial charge in [0, 0.05) is 36.7 Å². The van der Waals surface area contributed by atoms with E-state index in [-0.39, 0.29) is 0 Å². The first-order chi connectivity index (χ1) is 13.0. The summed E-state index contributed by atoms with van der Waals surface area (Å²) in [6.07, 6.45) is -1.74. The Morgan fingerprint density at radius 2 is 1.67 bits per heavy atom. The lowest BCUT2D eigenvalue weighted by Gasteiger charge is -2.30. The van der Waals surface area contributed by atoms with E-state index in [1.807, 2.05) is 18.2 Å². The van der Waals surface area contributed by atoms with Crippen LogP contribution in [-0.2, 0) is 19.1 Å². The zero-order valence-electron chi connectivity index (χ0n) is 14.5. The molecule has 1 aliphatic rings. The standard InChI is InChI=1S/C21H18F3N3/c22-21(23,24)17-6-3-7-18(12-17)26-19-8-10-25-20(13-19)27-11-9-15-4-1-2-5-16(15)14-27/h1-8,10,12-13H,9,11,14H2,(H,25,26). The quantitative estimate of drug-likeness (QED) is 0.669. The Labute approximate surface area is 155 Å². The minimum absolute atomic E-state index is 0.394. The maximum absolute atomic E-state index is 12.9. The summed E-state index contributed by atoms with van der Waals surface area (Å²) >= 11 is 0. The van der Waals surface area contributed by atoms with Gasteiger partial charge in [-0.25, -0.2) is 4.98 Å². The predicted molar refractivity (Wildman–Crippen MR) is 100 cm³/mol. The summed E-state index contributed by atoms with van der Waals surface area (Å²) in [5, 5.41) is 3.05. The second-order valence-corrected chi connectivity index (χ2v) is 6.55. The molecule has 0 saturated heterocycles. The number of fused-ring (bicyclic) bond motifs is 1. The molecule has 0 unspecified atom stereocenters. The Bertz CT molecular complexity index is 953. The first-order valence-electron chi connectivity index (χ1n) is 8.71. The highest BCUT2D eigenvalue weighted by Crippen LogP contribution is 2.32. The minimum atomic E-state index is -4.36. The van der Waals surface area contributed by atoms with E-state index in [9.17, 15) is 13.2 Å². The third kappa shape index (κ3) is 3.89. The zero-order valence-corrected chi connectivity index (χ0v) is 14.5. The molecule has 0 radical (unpaired) electrons. The predicted octanol–water partition coefficient (Wildman–Crippen LogP) is 5.41. The second-order valence-electron chi connectivity index (χ2n) is 6.55. The summed E-state index contributed by atoms with van der Waals surface area (Å²) in [5.41, 5.74) is 3.06. The molecule has 0 atom stereocenters. The smallest absolute Gasteiger partial charge is 0.355 e. The number of anilines is 3. The van der Waals surface area contributed by atoms with Crippen molar-refractivity contribution in [2.24, 2.45) is 0 Å². The van der Waals surface area contributed by atoms with Gasteiger partial charge >= 0.3 is 6.18 Å². The van der Waals surface area contributed by atoms with Gasteiger partial charge in [-0.05, 0) is 41.8 Å². The van der Waals surface area contributed by atoms with Crippen LogP contribution in [0.15, 0.2) is 66.9 Å². The van der Waals surface area contributed by atoms with Crippen molar-refractivity contribution in [1.29, 1.82) is 0 Å². The summed E-state index contributed by atoms with van der Waals surface area (Å²) in [7, 11) is 0. The van der Waals surface area contributed by atoms with Crippen LogP contribution >= 0.6 is 0 Å². The summed E-state index contributed by atoms with van der Waals surface area (Å²) in [6, 6.07) is 17.1. The third-order valence-corrected chi connectivity index (χ3v) is 4.68. The van der Waals surface area contributed by atoms with Gasteiger partial charge in [0.25, 0.3) is 0 Å². The highest BCUT2D eigenvalue weighted by Gasteiger charge is 2.30. The summed E-state index contributed by atoms with van der Waals surface area (Å²) < 4.78 is 38.7. The van der Waals surface area contributed by atoms with Gasteiger partial charge in [-0.3, -0.25) is 0 Å². The van der Waals surface area contributed by atoms with Gasteiger partial charge in [-0.1, -0.05) is 30.3 Å². The van der Waals surface area contributed by atoms with E-state index >= 15 is 0 Å². The van der Waals surface area contributed by atoms with Crippen molar-refractivity contribution >= 4 is 17.2 Å². The Morgan fingerprint density at radius 1 is 0.889 bits per heavy atom. The van der Waals surface area contributed by atoms with E-state index in [2.05, 4.69) is 27.3 Å². The molecule has 0 fully saturated rings. The van der Waals surface area contributed by atoms with Gasteiger partial charge in [0.2, 0.25) is 0 Å². The monoisotopic (exact) mass is 369 g/mol. The van der Waals surface area contributed by atoms with Crippen LogP contribution in [0.3, 0.4) is 0 Å². The Morgan fingerprint density at radius 3 is 2.48 bits per heavy atom. The molecule has 1 aromatic heterocycles. The first-order valence-corrected chi connectivity index (χ1v) is 8.71.